The lowest BCUT2D eigenvalue weighted by molar-refractivity contribution is 0.101. The van der Waals surface area contributed by atoms with Crippen LogP contribution in [-0.4, -0.2) is 30.4 Å². The highest BCUT2D eigenvalue weighted by Crippen LogP contribution is 2.27. The number of anilines is 5. The summed E-state index contributed by atoms with van der Waals surface area (Å²) in [6.07, 6.45) is 2.01. The van der Waals surface area contributed by atoms with E-state index in [2.05, 4.69) is 25.3 Å². The van der Waals surface area contributed by atoms with Crippen LogP contribution in [0, 0.1) is 5.82 Å². The van der Waals surface area contributed by atoms with Gasteiger partial charge in [-0.1, -0.05) is 24.3 Å². The Labute approximate surface area is 167 Å². The van der Waals surface area contributed by atoms with E-state index in [1.807, 2.05) is 0 Å². The van der Waals surface area contributed by atoms with Gasteiger partial charge < -0.3 is 10.6 Å². The number of hydrogen-bond donors (Lipinski definition) is 3. The van der Waals surface area contributed by atoms with Crippen molar-refractivity contribution in [2.24, 2.45) is 0 Å². The summed E-state index contributed by atoms with van der Waals surface area (Å²) in [7, 11) is -3.52. The molecule has 0 aliphatic heterocycles. The normalized spacial score (nSPS) is 11.0. The smallest absolute Gasteiger partial charge is 0.229 e. The molecule has 0 aliphatic rings. The van der Waals surface area contributed by atoms with Gasteiger partial charge >= 0.3 is 0 Å². The zero-order valence-corrected chi connectivity index (χ0v) is 16.4. The van der Waals surface area contributed by atoms with Gasteiger partial charge in [0.15, 0.2) is 17.4 Å². The van der Waals surface area contributed by atoms with Gasteiger partial charge in [0.2, 0.25) is 16.0 Å². The molecule has 2 aromatic carbocycles. The Hall–Kier alpha value is -3.53. The van der Waals surface area contributed by atoms with Gasteiger partial charge in [0.25, 0.3) is 0 Å². The number of Topliss-reactive ketones (excluding diaryl/α,β-unsaturated/α-hetero) is 1. The fourth-order valence-electron chi connectivity index (χ4n) is 2.47. The third-order valence-corrected chi connectivity index (χ3v) is 4.34. The minimum atomic E-state index is -3.52. The molecule has 1 aromatic heterocycles. The third kappa shape index (κ3) is 5.48. The molecule has 3 N–H and O–H groups in total. The maximum atomic E-state index is 14.2. The molecular formula is C19H18FN5O3S. The minimum absolute atomic E-state index is 0.0917. The maximum absolute atomic E-state index is 14.2. The fourth-order valence-corrected chi connectivity index (χ4v) is 3.05. The SMILES string of the molecule is CC(=O)c1cccc(Nc2ncc(F)c(Nc3ccccc3NS(C)(=O)=O)n2)c1. The molecule has 0 saturated heterocycles. The molecule has 0 aliphatic carbocycles. The van der Waals surface area contributed by atoms with Crippen molar-refractivity contribution in [3.8, 4) is 0 Å². The summed E-state index contributed by atoms with van der Waals surface area (Å²) in [4.78, 5) is 19.5. The number of carbonyl (C=O) groups is 1. The van der Waals surface area contributed by atoms with Crippen LogP contribution in [0.15, 0.2) is 54.7 Å². The Morgan fingerprint density at radius 3 is 2.45 bits per heavy atom. The van der Waals surface area contributed by atoms with E-state index in [0.717, 1.165) is 12.5 Å². The second-order valence-electron chi connectivity index (χ2n) is 6.20. The highest BCUT2D eigenvalue weighted by molar-refractivity contribution is 7.92. The Kier molecular flexibility index (Phi) is 5.74. The summed E-state index contributed by atoms with van der Waals surface area (Å²) >= 11 is 0. The first-order valence-corrected chi connectivity index (χ1v) is 10.3. The van der Waals surface area contributed by atoms with Gasteiger partial charge in [-0.05, 0) is 31.2 Å². The van der Waals surface area contributed by atoms with Crippen molar-refractivity contribution in [1.82, 2.24) is 9.97 Å². The van der Waals surface area contributed by atoms with Crippen LogP contribution in [0.2, 0.25) is 0 Å². The summed E-state index contributed by atoms with van der Waals surface area (Å²) in [5, 5.41) is 5.68. The summed E-state index contributed by atoms with van der Waals surface area (Å²) < 4.78 is 39.7. The van der Waals surface area contributed by atoms with E-state index < -0.39 is 15.8 Å². The second-order valence-corrected chi connectivity index (χ2v) is 7.95. The van der Waals surface area contributed by atoms with E-state index in [4.69, 9.17) is 0 Å². The first kappa shape index (κ1) is 20.2. The van der Waals surface area contributed by atoms with Crippen molar-refractivity contribution < 1.29 is 17.6 Å². The van der Waals surface area contributed by atoms with E-state index in [1.165, 1.54) is 13.0 Å². The molecular weight excluding hydrogens is 397 g/mol. The molecule has 0 fully saturated rings. The Bertz CT molecular complexity index is 1170. The lowest BCUT2D eigenvalue weighted by Crippen LogP contribution is -2.11. The van der Waals surface area contributed by atoms with Crippen LogP contribution in [0.25, 0.3) is 0 Å². The molecule has 3 rings (SSSR count). The number of carbonyl (C=O) groups excluding carboxylic acids is 1. The molecule has 0 bridgehead atoms. The molecule has 8 nitrogen and oxygen atoms in total. The lowest BCUT2D eigenvalue weighted by Gasteiger charge is -2.13. The molecule has 1 heterocycles. The van der Waals surface area contributed by atoms with Crippen LogP contribution in [0.4, 0.5) is 33.2 Å². The monoisotopic (exact) mass is 415 g/mol. The van der Waals surface area contributed by atoms with Crippen LogP contribution in [0.1, 0.15) is 17.3 Å². The maximum Gasteiger partial charge on any atom is 0.229 e. The number of ketones is 1. The molecule has 29 heavy (non-hydrogen) atoms. The molecule has 0 radical (unpaired) electrons. The number of nitrogens with one attached hydrogen (secondary N) is 3. The Morgan fingerprint density at radius 2 is 1.76 bits per heavy atom. The van der Waals surface area contributed by atoms with E-state index in [-0.39, 0.29) is 23.2 Å². The van der Waals surface area contributed by atoms with Crippen LogP contribution < -0.4 is 15.4 Å². The van der Waals surface area contributed by atoms with Crippen LogP contribution in [0.3, 0.4) is 0 Å². The number of nitrogens with zero attached hydrogens (tertiary/aromatic N) is 2. The second kappa shape index (κ2) is 8.23. The van der Waals surface area contributed by atoms with Crippen molar-refractivity contribution >= 4 is 44.6 Å². The van der Waals surface area contributed by atoms with Crippen molar-refractivity contribution in [3.05, 3.63) is 66.1 Å². The number of rotatable bonds is 7. The van der Waals surface area contributed by atoms with Gasteiger partial charge in [-0.25, -0.2) is 17.8 Å². The van der Waals surface area contributed by atoms with Gasteiger partial charge in [-0.2, -0.15) is 4.98 Å². The Balaban J connectivity index is 1.87. The molecule has 150 valence electrons. The van der Waals surface area contributed by atoms with E-state index in [1.54, 1.807) is 42.5 Å². The highest BCUT2D eigenvalue weighted by Gasteiger charge is 2.12. The molecule has 0 atom stereocenters. The summed E-state index contributed by atoms with van der Waals surface area (Å²) in [6.45, 7) is 1.46. The van der Waals surface area contributed by atoms with Crippen LogP contribution in [0.5, 0.6) is 0 Å². The van der Waals surface area contributed by atoms with Crippen molar-refractivity contribution in [3.63, 3.8) is 0 Å². The van der Waals surface area contributed by atoms with Crippen molar-refractivity contribution in [2.75, 3.05) is 21.6 Å². The fraction of sp³-hybridized carbons (Fsp3) is 0.105. The van der Waals surface area contributed by atoms with Gasteiger partial charge in [0, 0.05) is 11.3 Å². The summed E-state index contributed by atoms with van der Waals surface area (Å²) in [6, 6.07) is 13.2. The zero-order valence-electron chi connectivity index (χ0n) is 15.6. The number of benzene rings is 2. The minimum Gasteiger partial charge on any atom is -0.336 e. The average Bonchev–Trinajstić information content (AvgIpc) is 2.65. The first-order valence-electron chi connectivity index (χ1n) is 8.46. The van der Waals surface area contributed by atoms with Crippen LogP contribution in [-0.2, 0) is 10.0 Å². The van der Waals surface area contributed by atoms with E-state index in [0.29, 0.717) is 16.9 Å². The number of aromatic nitrogens is 2. The number of halogens is 1. The van der Waals surface area contributed by atoms with Gasteiger partial charge in [-0.3, -0.25) is 9.52 Å². The van der Waals surface area contributed by atoms with Crippen molar-refractivity contribution in [1.29, 1.82) is 0 Å². The lowest BCUT2D eigenvalue weighted by atomic mass is 10.1. The zero-order chi connectivity index (χ0) is 21.0. The first-order chi connectivity index (χ1) is 13.7. The predicted octanol–water partition coefficient (Wildman–Crippen LogP) is 3.68. The molecule has 0 spiro atoms. The van der Waals surface area contributed by atoms with E-state index >= 15 is 0 Å². The average molecular weight is 415 g/mol. The molecule has 0 amide bonds. The predicted molar refractivity (Wildman–Crippen MR) is 110 cm³/mol. The standard InChI is InChI=1S/C19H18FN5O3S/c1-12(26)13-6-5-7-14(10-13)22-19-21-11-15(20)18(24-19)23-16-8-3-4-9-17(16)25-29(2,27)28/h3-11,25H,1-2H3,(H2,21,22,23,24). The number of para-hydroxylation sites is 2. The van der Waals surface area contributed by atoms with Crippen molar-refractivity contribution in [2.45, 2.75) is 6.92 Å². The highest BCUT2D eigenvalue weighted by atomic mass is 32.2. The van der Waals surface area contributed by atoms with Gasteiger partial charge in [0.1, 0.15) is 0 Å². The van der Waals surface area contributed by atoms with Gasteiger partial charge in [0.05, 0.1) is 23.8 Å². The third-order valence-electron chi connectivity index (χ3n) is 3.74. The molecule has 10 heteroatoms. The van der Waals surface area contributed by atoms with Crippen LogP contribution >= 0.6 is 0 Å². The molecule has 0 unspecified atom stereocenters. The quantitative estimate of drug-likeness (QED) is 0.505. The van der Waals surface area contributed by atoms with E-state index in [9.17, 15) is 17.6 Å². The topological polar surface area (TPSA) is 113 Å². The summed E-state index contributed by atoms with van der Waals surface area (Å²) in [5.41, 5.74) is 1.64. The molecule has 3 aromatic rings. The largest absolute Gasteiger partial charge is 0.336 e. The summed E-state index contributed by atoms with van der Waals surface area (Å²) in [5.74, 6) is -0.857. The Morgan fingerprint density at radius 1 is 1.03 bits per heavy atom. The number of hydrogen-bond acceptors (Lipinski definition) is 7. The number of sulfonamides is 1. The molecule has 0 saturated carbocycles. The van der Waals surface area contributed by atoms with Gasteiger partial charge in [-0.15, -0.1) is 0 Å².